The largest absolute Gasteiger partial charge is 0.367 e. The van der Waals surface area contributed by atoms with Gasteiger partial charge < -0.3 is 10.2 Å². The van der Waals surface area contributed by atoms with Gasteiger partial charge in [-0.15, -0.1) is 0 Å². The van der Waals surface area contributed by atoms with Crippen molar-refractivity contribution in [1.29, 1.82) is 0 Å². The number of rotatable bonds is 5. The molecule has 1 amide bonds. The molecule has 21 heavy (non-hydrogen) atoms. The van der Waals surface area contributed by atoms with Crippen LogP contribution in [0.5, 0.6) is 0 Å². The summed E-state index contributed by atoms with van der Waals surface area (Å²) in [4.78, 5) is 18.4. The Kier molecular flexibility index (Phi) is 5.59. The maximum Gasteiger partial charge on any atom is 0.222 e. The molecular weight excluding hydrogens is 262 g/mol. The van der Waals surface area contributed by atoms with Gasteiger partial charge in [-0.3, -0.25) is 4.79 Å². The number of aromatic nitrogens is 1. The van der Waals surface area contributed by atoms with Gasteiger partial charge in [-0.1, -0.05) is 20.8 Å². The Hall–Kier alpha value is -1.58. The van der Waals surface area contributed by atoms with Gasteiger partial charge >= 0.3 is 0 Å². The van der Waals surface area contributed by atoms with Gasteiger partial charge in [-0.05, 0) is 42.9 Å². The number of pyridine rings is 1. The van der Waals surface area contributed by atoms with E-state index in [9.17, 15) is 4.79 Å². The Morgan fingerprint density at radius 1 is 1.48 bits per heavy atom. The van der Waals surface area contributed by atoms with E-state index in [0.717, 1.165) is 38.2 Å². The zero-order chi connectivity index (χ0) is 15.2. The Morgan fingerprint density at radius 3 is 2.81 bits per heavy atom. The maximum absolute atomic E-state index is 12.1. The molecular formula is C17H29N3O. The number of aryl methyl sites for hydroxylation is 1. The topological polar surface area (TPSA) is 45.2 Å². The molecule has 0 bridgehead atoms. The van der Waals surface area contributed by atoms with Crippen LogP contribution in [0, 0.1) is 5.92 Å². The summed E-state index contributed by atoms with van der Waals surface area (Å²) in [6.45, 7) is 8.06. The zero-order valence-electron chi connectivity index (χ0n) is 13.4. The van der Waals surface area contributed by atoms with Crippen LogP contribution in [0.1, 0.15) is 47.0 Å². The molecule has 0 spiro atoms. The summed E-state index contributed by atoms with van der Waals surface area (Å²) >= 11 is 0. The average molecular weight is 291 g/mol. The first-order valence-corrected chi connectivity index (χ1v) is 8.07. The van der Waals surface area contributed by atoms with Crippen molar-refractivity contribution in [1.82, 2.24) is 9.88 Å². The van der Waals surface area contributed by atoms with Crippen LogP contribution >= 0.6 is 0 Å². The van der Waals surface area contributed by atoms with Gasteiger partial charge in [0.2, 0.25) is 5.91 Å². The minimum absolute atomic E-state index is 0. The molecule has 0 radical (unpaired) electrons. The Morgan fingerprint density at radius 2 is 2.19 bits per heavy atom. The van der Waals surface area contributed by atoms with E-state index in [4.69, 9.17) is 0 Å². The summed E-state index contributed by atoms with van der Waals surface area (Å²) in [6, 6.07) is 4.60. The lowest BCUT2D eigenvalue weighted by Gasteiger charge is -2.33. The Balaban J connectivity index is 0.00000242. The number of nitrogens with zero attached hydrogens (tertiary/aromatic N) is 2. The zero-order valence-corrected chi connectivity index (χ0v) is 13.4. The highest BCUT2D eigenvalue weighted by Crippen LogP contribution is 2.17. The first-order chi connectivity index (χ1) is 10.1. The molecule has 4 heteroatoms. The number of nitrogens with one attached hydrogen (secondary N) is 1. The number of hydrogen-bond acceptors (Lipinski definition) is 3. The van der Waals surface area contributed by atoms with Crippen molar-refractivity contribution in [2.24, 2.45) is 5.92 Å². The van der Waals surface area contributed by atoms with E-state index in [1.807, 2.05) is 11.1 Å². The third-order valence-corrected chi connectivity index (χ3v) is 4.02. The highest BCUT2D eigenvalue weighted by molar-refractivity contribution is 5.76. The van der Waals surface area contributed by atoms with Crippen LogP contribution in [0.4, 0.5) is 5.82 Å². The lowest BCUT2D eigenvalue weighted by atomic mass is 10.0. The molecule has 1 saturated heterocycles. The molecule has 0 aliphatic carbocycles. The van der Waals surface area contributed by atoms with Gasteiger partial charge in [0.25, 0.3) is 0 Å². The first-order valence-electron chi connectivity index (χ1n) is 8.07. The molecule has 4 nitrogen and oxygen atoms in total. The number of anilines is 1. The third-order valence-electron chi connectivity index (χ3n) is 4.02. The predicted octanol–water partition coefficient (Wildman–Crippen LogP) is 3.34. The minimum atomic E-state index is 0. The standard InChI is InChI=1S/C17H27N3O.H2/c1-4-14-5-8-18-16(12-14)19-15-6-9-20(10-7-15)17(21)11-13(2)3;/h5,8,12-13,15H,4,6-7,9-11H2,1-3H3,(H,18,19);1H. The number of carbonyl (C=O) groups is 1. The molecule has 2 heterocycles. The summed E-state index contributed by atoms with van der Waals surface area (Å²) in [7, 11) is 0. The number of carbonyl (C=O) groups excluding carboxylic acids is 1. The SMILES string of the molecule is CCc1ccnc(NC2CCN(C(=O)CC(C)C)CC2)c1.[HH]. The summed E-state index contributed by atoms with van der Waals surface area (Å²) in [5.41, 5.74) is 1.30. The van der Waals surface area contributed by atoms with Crippen LogP contribution in [-0.4, -0.2) is 34.9 Å². The van der Waals surface area contributed by atoms with Crippen LogP contribution in [0.2, 0.25) is 0 Å². The molecule has 0 saturated carbocycles. The van der Waals surface area contributed by atoms with Gasteiger partial charge in [0.15, 0.2) is 0 Å². The highest BCUT2D eigenvalue weighted by Gasteiger charge is 2.23. The number of likely N-dealkylation sites (tertiary alicyclic amines) is 1. The smallest absolute Gasteiger partial charge is 0.222 e. The molecule has 1 aliphatic rings. The van der Waals surface area contributed by atoms with E-state index < -0.39 is 0 Å². The summed E-state index contributed by atoms with van der Waals surface area (Å²) in [5, 5.41) is 3.51. The normalized spacial score (nSPS) is 16.3. The number of hydrogen-bond donors (Lipinski definition) is 1. The van der Waals surface area contributed by atoms with Crippen LogP contribution < -0.4 is 5.32 Å². The minimum Gasteiger partial charge on any atom is -0.367 e. The summed E-state index contributed by atoms with van der Waals surface area (Å²) in [5.74, 6) is 1.70. The van der Waals surface area contributed by atoms with Crippen LogP contribution in [0.3, 0.4) is 0 Å². The van der Waals surface area contributed by atoms with E-state index in [2.05, 4.69) is 43.2 Å². The second-order valence-corrected chi connectivity index (χ2v) is 6.30. The van der Waals surface area contributed by atoms with Crippen molar-refractivity contribution in [2.75, 3.05) is 18.4 Å². The summed E-state index contributed by atoms with van der Waals surface area (Å²) < 4.78 is 0. The molecule has 1 aromatic rings. The van der Waals surface area contributed by atoms with Gasteiger partial charge in [-0.2, -0.15) is 0 Å². The van der Waals surface area contributed by atoms with Crippen LogP contribution in [-0.2, 0) is 11.2 Å². The van der Waals surface area contributed by atoms with Gasteiger partial charge in [0, 0.05) is 33.2 Å². The average Bonchev–Trinajstić information content (AvgIpc) is 2.47. The quantitative estimate of drug-likeness (QED) is 0.905. The molecule has 1 aliphatic heterocycles. The molecule has 0 aromatic carbocycles. The predicted molar refractivity (Wildman–Crippen MR) is 88.4 cm³/mol. The molecule has 1 aromatic heterocycles. The monoisotopic (exact) mass is 291 g/mol. The molecule has 1 N–H and O–H groups in total. The highest BCUT2D eigenvalue weighted by atomic mass is 16.2. The van der Waals surface area contributed by atoms with E-state index in [0.29, 0.717) is 24.3 Å². The fourth-order valence-electron chi connectivity index (χ4n) is 2.73. The van der Waals surface area contributed by atoms with E-state index in [1.165, 1.54) is 5.56 Å². The van der Waals surface area contributed by atoms with E-state index >= 15 is 0 Å². The second kappa shape index (κ2) is 7.43. The van der Waals surface area contributed by atoms with E-state index in [-0.39, 0.29) is 1.43 Å². The van der Waals surface area contributed by atoms with Crippen molar-refractivity contribution in [3.05, 3.63) is 23.9 Å². The molecule has 1 fully saturated rings. The van der Waals surface area contributed by atoms with Gasteiger partial charge in [0.1, 0.15) is 5.82 Å². The molecule has 0 unspecified atom stereocenters. The van der Waals surface area contributed by atoms with E-state index in [1.54, 1.807) is 0 Å². The van der Waals surface area contributed by atoms with Crippen molar-refractivity contribution >= 4 is 11.7 Å². The van der Waals surface area contributed by atoms with Gasteiger partial charge in [-0.25, -0.2) is 4.98 Å². The summed E-state index contributed by atoms with van der Waals surface area (Å²) in [6.07, 6.45) is 5.56. The van der Waals surface area contributed by atoms with Crippen molar-refractivity contribution in [3.63, 3.8) is 0 Å². The lowest BCUT2D eigenvalue weighted by molar-refractivity contribution is -0.132. The first kappa shape index (κ1) is 15.8. The Bertz CT molecular complexity index is 471. The van der Waals surface area contributed by atoms with Crippen molar-refractivity contribution < 1.29 is 6.22 Å². The fourth-order valence-corrected chi connectivity index (χ4v) is 2.73. The maximum atomic E-state index is 12.1. The van der Waals surface area contributed by atoms with Gasteiger partial charge in [0.05, 0.1) is 0 Å². The lowest BCUT2D eigenvalue weighted by Crippen LogP contribution is -2.42. The number of amides is 1. The second-order valence-electron chi connectivity index (χ2n) is 6.30. The van der Waals surface area contributed by atoms with Crippen molar-refractivity contribution in [3.8, 4) is 0 Å². The molecule has 0 atom stereocenters. The number of piperidine rings is 1. The van der Waals surface area contributed by atoms with Crippen molar-refractivity contribution in [2.45, 2.75) is 52.5 Å². The molecule has 2 rings (SSSR count). The third kappa shape index (κ3) is 4.73. The Labute approximate surface area is 129 Å². The fraction of sp³-hybridized carbons (Fsp3) is 0.647. The van der Waals surface area contributed by atoms with Crippen LogP contribution in [0.25, 0.3) is 0 Å². The molecule has 118 valence electrons. The van der Waals surface area contributed by atoms with Crippen LogP contribution in [0.15, 0.2) is 18.3 Å².